The van der Waals surface area contributed by atoms with Crippen molar-refractivity contribution in [2.24, 2.45) is 0 Å². The van der Waals surface area contributed by atoms with E-state index < -0.39 is 0 Å². The highest BCUT2D eigenvalue weighted by atomic mass is 19.1. The molecule has 0 fully saturated rings. The van der Waals surface area contributed by atoms with Crippen molar-refractivity contribution in [2.45, 2.75) is 27.7 Å². The second-order valence-electron chi connectivity index (χ2n) is 22.8. The van der Waals surface area contributed by atoms with E-state index in [1.54, 1.807) is 24.3 Å². The molecule has 7 heteroatoms. The molecule has 14 rings (SSSR count). The van der Waals surface area contributed by atoms with Gasteiger partial charge in [0.25, 0.3) is 0 Å². The number of aryl methyl sites for hydroxylation is 4. The zero-order chi connectivity index (χ0) is 60.5. The monoisotopic (exact) mass is 1150 g/mol. The van der Waals surface area contributed by atoms with E-state index in [2.05, 4.69) is 179 Å². The summed E-state index contributed by atoms with van der Waals surface area (Å²) in [6, 6.07) is 84.3. The summed E-state index contributed by atoms with van der Waals surface area (Å²) in [5, 5.41) is 0. The predicted octanol–water partition coefficient (Wildman–Crippen LogP) is 21.6. The molecule has 10 aromatic carbocycles. The van der Waals surface area contributed by atoms with E-state index in [1.807, 2.05) is 102 Å². The van der Waals surface area contributed by atoms with Crippen LogP contribution in [0.15, 0.2) is 286 Å². The van der Waals surface area contributed by atoms with Crippen molar-refractivity contribution in [1.82, 2.24) is 24.5 Å². The van der Waals surface area contributed by atoms with E-state index >= 15 is 0 Å². The van der Waals surface area contributed by atoms with Crippen LogP contribution >= 0.6 is 0 Å². The highest BCUT2D eigenvalue weighted by molar-refractivity contribution is 5.98. The van der Waals surface area contributed by atoms with Gasteiger partial charge in [-0.3, -0.25) is 14.5 Å². The van der Waals surface area contributed by atoms with Crippen LogP contribution in [0.2, 0.25) is 0 Å². The van der Waals surface area contributed by atoms with Crippen LogP contribution in [-0.4, -0.2) is 24.5 Å². The molecule has 0 saturated carbocycles. The van der Waals surface area contributed by atoms with Gasteiger partial charge in [0.2, 0.25) is 5.95 Å². The molecule has 0 unspecified atom stereocenters. The number of benzene rings is 10. The Hall–Kier alpha value is -11.3. The average molecular weight is 1150 g/mol. The Morgan fingerprint density at radius 2 is 0.652 bits per heavy atom. The van der Waals surface area contributed by atoms with Gasteiger partial charge >= 0.3 is 0 Å². The minimum Gasteiger partial charge on any atom is -0.293 e. The maximum absolute atomic E-state index is 14.8. The molecule has 5 nitrogen and oxygen atoms in total. The molecule has 0 saturated heterocycles. The maximum atomic E-state index is 14.8. The highest BCUT2D eigenvalue weighted by Gasteiger charge is 2.22. The molecule has 89 heavy (non-hydrogen) atoms. The average Bonchev–Trinajstić information content (AvgIpc) is 1.61. The van der Waals surface area contributed by atoms with E-state index in [-0.39, 0.29) is 11.6 Å². The van der Waals surface area contributed by atoms with Crippen LogP contribution < -0.4 is 0 Å². The van der Waals surface area contributed by atoms with E-state index in [0.29, 0.717) is 5.95 Å². The Labute approximate surface area is 517 Å². The van der Waals surface area contributed by atoms with Gasteiger partial charge in [-0.2, -0.15) is 0 Å². The third-order valence-corrected chi connectivity index (χ3v) is 17.0. The van der Waals surface area contributed by atoms with Crippen molar-refractivity contribution in [3.05, 3.63) is 320 Å². The van der Waals surface area contributed by atoms with Crippen LogP contribution in [0.5, 0.6) is 0 Å². The lowest BCUT2D eigenvalue weighted by atomic mass is 9.83. The van der Waals surface area contributed by atoms with E-state index in [1.165, 1.54) is 23.3 Å². The van der Waals surface area contributed by atoms with Crippen molar-refractivity contribution in [2.75, 3.05) is 0 Å². The minimum absolute atomic E-state index is 0.260. The summed E-state index contributed by atoms with van der Waals surface area (Å²) < 4.78 is 31.0. The van der Waals surface area contributed by atoms with Crippen molar-refractivity contribution in [3.8, 4) is 140 Å². The Kier molecular flexibility index (Phi) is 14.9. The number of halogens is 2. The lowest BCUT2D eigenvalue weighted by Gasteiger charge is -2.21. The number of hydrogen-bond acceptors (Lipinski definition) is 4. The fourth-order valence-electron chi connectivity index (χ4n) is 12.1. The van der Waals surface area contributed by atoms with Crippen molar-refractivity contribution in [1.29, 1.82) is 0 Å². The summed E-state index contributed by atoms with van der Waals surface area (Å²) in [6.45, 7) is 8.73. The largest absolute Gasteiger partial charge is 0.293 e. The molecular weight excluding hydrogens is 1090 g/mol. The van der Waals surface area contributed by atoms with Gasteiger partial charge in [-0.05, 0) is 247 Å². The van der Waals surface area contributed by atoms with Crippen molar-refractivity contribution < 1.29 is 8.78 Å². The van der Waals surface area contributed by atoms with Crippen LogP contribution in [0.1, 0.15) is 22.3 Å². The molecule has 0 amide bonds. The first-order valence-corrected chi connectivity index (χ1v) is 29.8. The number of rotatable bonds is 13. The molecule has 0 bridgehead atoms. The fraction of sp³-hybridized carbons (Fsp3) is 0.0488. The molecular formula is C82H59F2N5. The summed E-state index contributed by atoms with van der Waals surface area (Å²) in [5.41, 5.74) is 28.3. The quantitative estimate of drug-likeness (QED) is 0.115. The second-order valence-corrected chi connectivity index (χ2v) is 22.8. The molecule has 0 spiro atoms. The molecule has 0 N–H and O–H groups in total. The smallest absolute Gasteiger partial charge is 0.233 e. The zero-order valence-corrected chi connectivity index (χ0v) is 49.6. The molecule has 0 atom stereocenters. The molecule has 4 aromatic heterocycles. The van der Waals surface area contributed by atoms with Crippen LogP contribution in [-0.2, 0) is 0 Å². The number of nitrogens with zero attached hydrogens (tertiary/aromatic N) is 5. The summed E-state index contributed by atoms with van der Waals surface area (Å²) in [7, 11) is 0. The molecule has 426 valence electrons. The van der Waals surface area contributed by atoms with Crippen LogP contribution in [0.25, 0.3) is 140 Å². The lowest BCUT2D eigenvalue weighted by Crippen LogP contribution is -1.98. The fourth-order valence-corrected chi connectivity index (χ4v) is 12.1. The molecule has 0 aliphatic carbocycles. The molecule has 0 aliphatic rings. The maximum Gasteiger partial charge on any atom is 0.233 e. The van der Waals surface area contributed by atoms with Gasteiger partial charge in [0.05, 0.1) is 11.4 Å². The summed E-state index contributed by atoms with van der Waals surface area (Å²) in [6.07, 6.45) is 11.5. The van der Waals surface area contributed by atoms with E-state index in [4.69, 9.17) is 19.9 Å². The van der Waals surface area contributed by atoms with Crippen LogP contribution in [0, 0.1) is 39.3 Å². The third kappa shape index (κ3) is 11.4. The van der Waals surface area contributed by atoms with Gasteiger partial charge in [-0.1, -0.05) is 152 Å². The van der Waals surface area contributed by atoms with Crippen molar-refractivity contribution >= 4 is 0 Å². The van der Waals surface area contributed by atoms with Crippen LogP contribution in [0.3, 0.4) is 0 Å². The first-order valence-electron chi connectivity index (χ1n) is 29.8. The van der Waals surface area contributed by atoms with Gasteiger partial charge in [0.15, 0.2) is 0 Å². The Morgan fingerprint density at radius 3 is 1.20 bits per heavy atom. The summed E-state index contributed by atoms with van der Waals surface area (Å²) >= 11 is 0. The summed E-state index contributed by atoms with van der Waals surface area (Å²) in [5.74, 6) is 0.0558. The standard InChI is InChI=1S/C82H59F2N5/c1-52-36-75(65-30-32-81(86-49-65)63-23-13-19-59(42-63)56-16-11-17-57(40-56)60-20-14-24-70(83)46-60)76(37-53(52)2)67-43-66(72-26-5-6-27-73(72)69-50-87-82(88-51-69)89-34-9-10-35-89)44-68(45-67)77-38-54(3)55(4)39-79(77)74-31-29-64(80-28-7-8-33-85-80)48-78(74)62-22-12-18-58(41-62)61-21-15-25-71(84)47-61/h5-51H,1-4H3. The molecule has 0 aliphatic heterocycles. The van der Waals surface area contributed by atoms with Gasteiger partial charge < -0.3 is 0 Å². The first kappa shape index (κ1) is 55.6. The van der Waals surface area contributed by atoms with Gasteiger partial charge in [0, 0.05) is 59.4 Å². The van der Waals surface area contributed by atoms with Crippen LogP contribution in [0.4, 0.5) is 8.78 Å². The number of hydrogen-bond donors (Lipinski definition) is 0. The van der Waals surface area contributed by atoms with E-state index in [9.17, 15) is 8.78 Å². The Balaban J connectivity index is 0.933. The number of pyridine rings is 2. The topological polar surface area (TPSA) is 56.5 Å². The molecule has 14 aromatic rings. The number of aromatic nitrogens is 5. The highest BCUT2D eigenvalue weighted by Crippen LogP contribution is 2.46. The zero-order valence-electron chi connectivity index (χ0n) is 49.6. The van der Waals surface area contributed by atoms with E-state index in [0.717, 1.165) is 145 Å². The second kappa shape index (κ2) is 23.9. The molecule has 0 radical (unpaired) electrons. The predicted molar refractivity (Wildman–Crippen MR) is 361 cm³/mol. The van der Waals surface area contributed by atoms with Gasteiger partial charge in [-0.15, -0.1) is 0 Å². The Bertz CT molecular complexity index is 4960. The Morgan fingerprint density at radius 1 is 0.247 bits per heavy atom. The normalized spacial score (nSPS) is 11.3. The molecule has 4 heterocycles. The third-order valence-electron chi connectivity index (χ3n) is 17.0. The first-order chi connectivity index (χ1) is 43.5. The SMILES string of the molecule is Cc1cc(-c2ccc(-c3cccc(-c4cccc(-c5cccc(F)c5)c4)c3)nc2)c(-c2cc(-c3ccccc3-c3cnc(-n4cccc4)nc3)cc(-c3cc(C)c(C)cc3-c3ccc(-c4ccccn4)cc3-c3cccc(-c4cccc(F)c4)c3)c2)cc1C. The van der Waals surface area contributed by atoms with Crippen molar-refractivity contribution in [3.63, 3.8) is 0 Å². The van der Waals surface area contributed by atoms with Gasteiger partial charge in [-0.25, -0.2) is 18.7 Å². The lowest BCUT2D eigenvalue weighted by molar-refractivity contribution is 0.628. The van der Waals surface area contributed by atoms with Gasteiger partial charge in [0.1, 0.15) is 11.6 Å². The summed E-state index contributed by atoms with van der Waals surface area (Å²) in [4.78, 5) is 19.7. The minimum atomic E-state index is -0.280.